The standard InChI is InChI=1S/C8H12N2O2/c1-2-11-5-7(1)6-12-8-3-9-10-4-8/h3-4,7H,1-2,5-6H2,(H,9,10). The number of rotatable bonds is 3. The fourth-order valence-corrected chi connectivity index (χ4v) is 1.25. The molecule has 1 unspecified atom stereocenters. The monoisotopic (exact) mass is 168 g/mol. The summed E-state index contributed by atoms with van der Waals surface area (Å²) in [7, 11) is 0. The summed E-state index contributed by atoms with van der Waals surface area (Å²) >= 11 is 0. The van der Waals surface area contributed by atoms with E-state index in [9.17, 15) is 0 Å². The van der Waals surface area contributed by atoms with Crippen molar-refractivity contribution in [2.45, 2.75) is 6.42 Å². The molecule has 1 fully saturated rings. The largest absolute Gasteiger partial charge is 0.490 e. The number of hydrogen-bond donors (Lipinski definition) is 1. The minimum atomic E-state index is 0.555. The summed E-state index contributed by atoms with van der Waals surface area (Å²) < 4.78 is 10.7. The second kappa shape index (κ2) is 3.58. The quantitative estimate of drug-likeness (QED) is 0.727. The Hall–Kier alpha value is -1.03. The zero-order valence-corrected chi connectivity index (χ0v) is 6.82. The van der Waals surface area contributed by atoms with E-state index in [0.29, 0.717) is 5.92 Å². The zero-order valence-electron chi connectivity index (χ0n) is 6.82. The van der Waals surface area contributed by atoms with Gasteiger partial charge in [0.05, 0.1) is 25.6 Å². The lowest BCUT2D eigenvalue weighted by molar-refractivity contribution is 0.167. The maximum absolute atomic E-state index is 5.46. The highest BCUT2D eigenvalue weighted by Gasteiger charge is 2.16. The Labute approximate surface area is 70.9 Å². The smallest absolute Gasteiger partial charge is 0.156 e. The van der Waals surface area contributed by atoms with Crippen molar-refractivity contribution in [3.05, 3.63) is 12.4 Å². The maximum Gasteiger partial charge on any atom is 0.156 e. The second-order valence-electron chi connectivity index (χ2n) is 2.97. The highest BCUT2D eigenvalue weighted by molar-refractivity contribution is 5.09. The topological polar surface area (TPSA) is 47.1 Å². The van der Waals surface area contributed by atoms with E-state index in [1.165, 1.54) is 0 Å². The van der Waals surface area contributed by atoms with E-state index in [0.717, 1.165) is 32.0 Å². The van der Waals surface area contributed by atoms with Gasteiger partial charge in [-0.25, -0.2) is 0 Å². The molecular formula is C8H12N2O2. The number of nitrogens with one attached hydrogen (secondary N) is 1. The van der Waals surface area contributed by atoms with Gasteiger partial charge in [0.15, 0.2) is 5.75 Å². The van der Waals surface area contributed by atoms with E-state index in [2.05, 4.69) is 10.2 Å². The van der Waals surface area contributed by atoms with Crippen LogP contribution in [-0.2, 0) is 4.74 Å². The highest BCUT2D eigenvalue weighted by atomic mass is 16.5. The van der Waals surface area contributed by atoms with Crippen LogP contribution < -0.4 is 4.74 Å². The van der Waals surface area contributed by atoms with Gasteiger partial charge in [-0.3, -0.25) is 5.10 Å². The van der Waals surface area contributed by atoms with Crippen molar-refractivity contribution in [1.29, 1.82) is 0 Å². The van der Waals surface area contributed by atoms with Crippen molar-refractivity contribution in [3.8, 4) is 5.75 Å². The predicted octanol–water partition coefficient (Wildman–Crippen LogP) is 0.825. The zero-order chi connectivity index (χ0) is 8.23. The molecule has 66 valence electrons. The summed E-state index contributed by atoms with van der Waals surface area (Å²) in [6, 6.07) is 0. The molecule has 1 aliphatic rings. The van der Waals surface area contributed by atoms with Crippen LogP contribution in [-0.4, -0.2) is 30.0 Å². The predicted molar refractivity (Wildman–Crippen MR) is 43.0 cm³/mol. The van der Waals surface area contributed by atoms with Gasteiger partial charge in [0.1, 0.15) is 0 Å². The molecule has 2 rings (SSSR count). The first-order valence-electron chi connectivity index (χ1n) is 4.14. The number of aromatic nitrogens is 2. The van der Waals surface area contributed by atoms with Crippen molar-refractivity contribution in [1.82, 2.24) is 10.2 Å². The highest BCUT2D eigenvalue weighted by Crippen LogP contribution is 2.14. The Kier molecular flexibility index (Phi) is 2.27. The lowest BCUT2D eigenvalue weighted by Crippen LogP contribution is -2.11. The van der Waals surface area contributed by atoms with E-state index in [1.807, 2.05) is 0 Å². The average Bonchev–Trinajstić information content (AvgIpc) is 2.74. The summed E-state index contributed by atoms with van der Waals surface area (Å²) in [6.07, 6.45) is 4.53. The Balaban J connectivity index is 1.74. The van der Waals surface area contributed by atoms with Crippen molar-refractivity contribution in [2.24, 2.45) is 5.92 Å². The summed E-state index contributed by atoms with van der Waals surface area (Å²) in [5.74, 6) is 1.36. The molecule has 4 nitrogen and oxygen atoms in total. The van der Waals surface area contributed by atoms with Gasteiger partial charge in [-0.2, -0.15) is 5.10 Å². The molecule has 12 heavy (non-hydrogen) atoms. The minimum absolute atomic E-state index is 0.555. The first-order valence-corrected chi connectivity index (χ1v) is 4.14. The van der Waals surface area contributed by atoms with E-state index in [4.69, 9.17) is 9.47 Å². The average molecular weight is 168 g/mol. The van der Waals surface area contributed by atoms with Gasteiger partial charge < -0.3 is 9.47 Å². The van der Waals surface area contributed by atoms with E-state index in [-0.39, 0.29) is 0 Å². The number of nitrogens with zero attached hydrogens (tertiary/aromatic N) is 1. The van der Waals surface area contributed by atoms with Crippen molar-refractivity contribution in [2.75, 3.05) is 19.8 Å². The van der Waals surface area contributed by atoms with Crippen LogP contribution in [0, 0.1) is 5.92 Å². The molecule has 2 heterocycles. The number of hydrogen-bond acceptors (Lipinski definition) is 3. The van der Waals surface area contributed by atoms with Crippen molar-refractivity contribution in [3.63, 3.8) is 0 Å². The molecule has 1 aliphatic heterocycles. The van der Waals surface area contributed by atoms with Crippen LogP contribution in [0.5, 0.6) is 5.75 Å². The van der Waals surface area contributed by atoms with E-state index < -0.39 is 0 Å². The lowest BCUT2D eigenvalue weighted by Gasteiger charge is -2.07. The molecule has 0 bridgehead atoms. The van der Waals surface area contributed by atoms with Crippen LogP contribution in [0.2, 0.25) is 0 Å². The molecule has 1 aromatic heterocycles. The normalized spacial score (nSPS) is 22.8. The third-order valence-electron chi connectivity index (χ3n) is 1.98. The van der Waals surface area contributed by atoms with Crippen LogP contribution >= 0.6 is 0 Å². The lowest BCUT2D eigenvalue weighted by atomic mass is 10.1. The van der Waals surface area contributed by atoms with E-state index in [1.54, 1.807) is 12.4 Å². The molecule has 0 saturated carbocycles. The number of aromatic amines is 1. The van der Waals surface area contributed by atoms with Crippen LogP contribution in [0.25, 0.3) is 0 Å². The van der Waals surface area contributed by atoms with Gasteiger partial charge in [-0.05, 0) is 6.42 Å². The van der Waals surface area contributed by atoms with Crippen molar-refractivity contribution >= 4 is 0 Å². The Morgan fingerprint density at radius 1 is 1.75 bits per heavy atom. The van der Waals surface area contributed by atoms with Gasteiger partial charge in [-0.1, -0.05) is 0 Å². The van der Waals surface area contributed by atoms with Crippen LogP contribution in [0.15, 0.2) is 12.4 Å². The van der Waals surface area contributed by atoms with Gasteiger partial charge >= 0.3 is 0 Å². The molecule has 1 aromatic rings. The first-order chi connectivity index (χ1) is 5.95. The molecule has 1 N–H and O–H groups in total. The fraction of sp³-hybridized carbons (Fsp3) is 0.625. The molecule has 0 aliphatic carbocycles. The fourth-order valence-electron chi connectivity index (χ4n) is 1.25. The molecule has 1 atom stereocenters. The summed E-state index contributed by atoms with van der Waals surface area (Å²) in [5.41, 5.74) is 0. The Morgan fingerprint density at radius 2 is 2.75 bits per heavy atom. The summed E-state index contributed by atoms with van der Waals surface area (Å²) in [4.78, 5) is 0. The molecule has 0 spiro atoms. The van der Waals surface area contributed by atoms with Gasteiger partial charge in [-0.15, -0.1) is 0 Å². The van der Waals surface area contributed by atoms with Crippen LogP contribution in [0.1, 0.15) is 6.42 Å². The minimum Gasteiger partial charge on any atom is -0.490 e. The van der Waals surface area contributed by atoms with Crippen LogP contribution in [0.3, 0.4) is 0 Å². The second-order valence-corrected chi connectivity index (χ2v) is 2.97. The molecule has 4 heteroatoms. The van der Waals surface area contributed by atoms with E-state index >= 15 is 0 Å². The summed E-state index contributed by atoms with van der Waals surface area (Å²) in [6.45, 7) is 2.44. The molecule has 0 amide bonds. The van der Waals surface area contributed by atoms with Crippen molar-refractivity contribution < 1.29 is 9.47 Å². The molecule has 1 saturated heterocycles. The first kappa shape index (κ1) is 7.61. The van der Waals surface area contributed by atoms with Gasteiger partial charge in [0.2, 0.25) is 0 Å². The number of ether oxygens (including phenoxy) is 2. The molecule has 0 aromatic carbocycles. The van der Waals surface area contributed by atoms with Gasteiger partial charge in [0, 0.05) is 12.5 Å². The Morgan fingerprint density at radius 3 is 3.42 bits per heavy atom. The third-order valence-corrected chi connectivity index (χ3v) is 1.98. The molecular weight excluding hydrogens is 156 g/mol. The SMILES string of the molecule is c1n[nH]cc1OCC1CCOC1. The summed E-state index contributed by atoms with van der Waals surface area (Å²) in [5, 5.41) is 6.49. The third kappa shape index (κ3) is 1.76. The van der Waals surface area contributed by atoms with Crippen LogP contribution in [0.4, 0.5) is 0 Å². The molecule has 0 radical (unpaired) electrons. The Bertz CT molecular complexity index is 217. The maximum atomic E-state index is 5.46. The van der Waals surface area contributed by atoms with Gasteiger partial charge in [0.25, 0.3) is 0 Å². The number of H-pyrrole nitrogens is 1.